The number of hydrogen-bond acceptors (Lipinski definition) is 7. The SMILES string of the molecule is c1cc2nc(c1)COCCOc1cc3ccccc3cc1OCCOc1cc3ccccc3cc1OCCOC2. The maximum absolute atomic E-state index is 6.16. The van der Waals surface area contributed by atoms with Gasteiger partial charge in [0.2, 0.25) is 0 Å². The number of nitrogens with zero attached hydrogens (tertiary/aromatic N) is 1. The Hall–Kier alpha value is -4.33. The molecule has 2 heterocycles. The Kier molecular flexibility index (Phi) is 8.22. The average molecular weight is 538 g/mol. The summed E-state index contributed by atoms with van der Waals surface area (Å²) < 4.78 is 36.2. The molecule has 1 aliphatic rings. The first-order chi connectivity index (χ1) is 19.8. The molecule has 0 saturated carbocycles. The lowest BCUT2D eigenvalue weighted by atomic mass is 10.1. The Balaban J connectivity index is 1.24. The van der Waals surface area contributed by atoms with E-state index in [1.165, 1.54) is 0 Å². The number of rotatable bonds is 0. The van der Waals surface area contributed by atoms with Gasteiger partial charge in [-0.05, 0) is 57.9 Å². The normalized spacial score (nSPS) is 15.3. The predicted octanol–water partition coefficient (Wildman–Crippen LogP) is 6.35. The smallest absolute Gasteiger partial charge is 0.161 e. The minimum Gasteiger partial charge on any atom is -0.487 e. The van der Waals surface area contributed by atoms with E-state index in [2.05, 4.69) is 29.2 Å². The van der Waals surface area contributed by atoms with Crippen LogP contribution in [0.5, 0.6) is 23.0 Å². The summed E-state index contributed by atoms with van der Waals surface area (Å²) in [5, 5.41) is 4.30. The summed E-state index contributed by atoms with van der Waals surface area (Å²) in [5.41, 5.74) is 1.69. The molecule has 4 aromatic carbocycles. The molecule has 1 aromatic heterocycles. The van der Waals surface area contributed by atoms with Gasteiger partial charge < -0.3 is 28.4 Å². The first kappa shape index (κ1) is 25.9. The molecule has 0 saturated heterocycles. The van der Waals surface area contributed by atoms with E-state index in [4.69, 9.17) is 28.4 Å². The van der Waals surface area contributed by atoms with Crippen molar-refractivity contribution in [1.29, 1.82) is 0 Å². The van der Waals surface area contributed by atoms with Crippen LogP contribution in [-0.2, 0) is 22.7 Å². The Morgan fingerprint density at radius 1 is 0.400 bits per heavy atom. The topological polar surface area (TPSA) is 68.3 Å². The number of fused-ring (bicyclic) bond motifs is 6. The van der Waals surface area contributed by atoms with Crippen LogP contribution in [0.15, 0.2) is 91.0 Å². The first-order valence-corrected chi connectivity index (χ1v) is 13.5. The Labute approximate surface area is 233 Å². The molecule has 0 spiro atoms. The molecule has 7 heteroatoms. The molecule has 1 aliphatic heterocycles. The third-order valence-electron chi connectivity index (χ3n) is 6.56. The van der Waals surface area contributed by atoms with Crippen molar-refractivity contribution in [3.63, 3.8) is 0 Å². The maximum Gasteiger partial charge on any atom is 0.161 e. The van der Waals surface area contributed by atoms with E-state index in [0.717, 1.165) is 32.9 Å². The van der Waals surface area contributed by atoms with Crippen molar-refractivity contribution in [1.82, 2.24) is 4.98 Å². The Morgan fingerprint density at radius 3 is 1.12 bits per heavy atom. The molecule has 0 atom stereocenters. The molecular weight excluding hydrogens is 506 g/mol. The van der Waals surface area contributed by atoms with E-state index < -0.39 is 0 Å². The van der Waals surface area contributed by atoms with Crippen molar-refractivity contribution in [2.45, 2.75) is 13.2 Å². The van der Waals surface area contributed by atoms with Gasteiger partial charge >= 0.3 is 0 Å². The van der Waals surface area contributed by atoms with E-state index in [9.17, 15) is 0 Å². The lowest BCUT2D eigenvalue weighted by molar-refractivity contribution is 0.0813. The van der Waals surface area contributed by atoms with Gasteiger partial charge in [-0.25, -0.2) is 0 Å². The third-order valence-corrected chi connectivity index (χ3v) is 6.56. The van der Waals surface area contributed by atoms with Gasteiger partial charge in [0.1, 0.15) is 26.4 Å². The second kappa shape index (κ2) is 12.7. The first-order valence-electron chi connectivity index (χ1n) is 13.5. The molecular formula is C33H31NO6. The molecule has 6 rings (SSSR count). The quantitative estimate of drug-likeness (QED) is 0.228. The lowest BCUT2D eigenvalue weighted by Gasteiger charge is -2.16. The maximum atomic E-state index is 6.16. The van der Waals surface area contributed by atoms with E-state index >= 15 is 0 Å². The number of hydrogen-bond donors (Lipinski definition) is 0. The minimum absolute atomic E-state index is 0.335. The van der Waals surface area contributed by atoms with E-state index in [-0.39, 0.29) is 0 Å². The third kappa shape index (κ3) is 6.45. The minimum atomic E-state index is 0.335. The molecule has 7 nitrogen and oxygen atoms in total. The van der Waals surface area contributed by atoms with Crippen LogP contribution in [0.3, 0.4) is 0 Å². The van der Waals surface area contributed by atoms with Crippen LogP contribution in [0, 0.1) is 0 Å². The summed E-state index contributed by atoms with van der Waals surface area (Å²) in [6, 6.07) is 30.1. The molecule has 0 N–H and O–H groups in total. The Bertz CT molecular complexity index is 1470. The van der Waals surface area contributed by atoms with E-state index in [0.29, 0.717) is 75.9 Å². The summed E-state index contributed by atoms with van der Waals surface area (Å²) >= 11 is 0. The van der Waals surface area contributed by atoms with E-state index in [1.807, 2.05) is 66.7 Å². The summed E-state index contributed by atoms with van der Waals surface area (Å²) in [5.74, 6) is 2.66. The zero-order valence-electron chi connectivity index (χ0n) is 22.2. The van der Waals surface area contributed by atoms with Crippen molar-refractivity contribution in [3.05, 3.63) is 102 Å². The number of ether oxygens (including phenoxy) is 6. The van der Waals surface area contributed by atoms with Crippen LogP contribution >= 0.6 is 0 Å². The molecule has 2 bridgehead atoms. The zero-order valence-corrected chi connectivity index (χ0v) is 22.2. The van der Waals surface area contributed by atoms with Crippen LogP contribution in [0.4, 0.5) is 0 Å². The van der Waals surface area contributed by atoms with Crippen molar-refractivity contribution in [2.24, 2.45) is 0 Å². The summed E-state index contributed by atoms with van der Waals surface area (Å²) in [7, 11) is 0. The number of benzene rings is 4. The van der Waals surface area contributed by atoms with Crippen LogP contribution in [0.25, 0.3) is 21.5 Å². The Morgan fingerprint density at radius 2 is 0.750 bits per heavy atom. The molecule has 0 aliphatic carbocycles. The molecule has 204 valence electrons. The zero-order chi connectivity index (χ0) is 27.0. The molecule has 40 heavy (non-hydrogen) atoms. The lowest BCUT2D eigenvalue weighted by Crippen LogP contribution is -2.12. The van der Waals surface area contributed by atoms with Gasteiger partial charge in [-0.1, -0.05) is 54.6 Å². The predicted molar refractivity (Wildman–Crippen MR) is 153 cm³/mol. The highest BCUT2D eigenvalue weighted by Crippen LogP contribution is 2.34. The van der Waals surface area contributed by atoms with Crippen LogP contribution < -0.4 is 18.9 Å². The van der Waals surface area contributed by atoms with Gasteiger partial charge in [0.25, 0.3) is 0 Å². The van der Waals surface area contributed by atoms with Gasteiger partial charge in [0, 0.05) is 0 Å². The fraction of sp³-hybridized carbons (Fsp3) is 0.242. The molecule has 5 aromatic rings. The van der Waals surface area contributed by atoms with Gasteiger partial charge in [0.15, 0.2) is 23.0 Å². The highest BCUT2D eigenvalue weighted by Gasteiger charge is 2.12. The summed E-state index contributed by atoms with van der Waals surface area (Å²) in [6.07, 6.45) is 0. The highest BCUT2D eigenvalue weighted by atomic mass is 16.6. The molecule has 0 amide bonds. The molecule has 0 unspecified atom stereocenters. The number of pyridine rings is 1. The second-order valence-corrected chi connectivity index (χ2v) is 9.41. The fourth-order valence-electron chi connectivity index (χ4n) is 4.62. The number of aromatic nitrogens is 1. The fourth-order valence-corrected chi connectivity index (χ4v) is 4.62. The van der Waals surface area contributed by atoms with Gasteiger partial charge in [-0.15, -0.1) is 0 Å². The average Bonchev–Trinajstić information content (AvgIpc) is 2.98. The van der Waals surface area contributed by atoms with Crippen molar-refractivity contribution in [2.75, 3.05) is 39.6 Å². The van der Waals surface area contributed by atoms with Crippen LogP contribution in [0.1, 0.15) is 11.4 Å². The molecule has 0 radical (unpaired) electrons. The molecule has 0 fully saturated rings. The highest BCUT2D eigenvalue weighted by molar-refractivity contribution is 5.86. The van der Waals surface area contributed by atoms with Crippen molar-refractivity contribution < 1.29 is 28.4 Å². The largest absolute Gasteiger partial charge is 0.487 e. The standard InChI is InChI=1S/C33H31NO6/c1-3-8-26-20-32-30(18-24(26)6-1)37-14-12-35-22-28-10-5-11-29(34-28)23-36-13-15-38-31-19-25-7-2-4-9-27(25)21-33(31)40-17-16-39-32/h1-11,18-21H,12-17,22-23H2. The van der Waals surface area contributed by atoms with Gasteiger partial charge in [-0.3, -0.25) is 4.98 Å². The van der Waals surface area contributed by atoms with Crippen molar-refractivity contribution >= 4 is 21.5 Å². The van der Waals surface area contributed by atoms with Crippen LogP contribution in [-0.4, -0.2) is 44.6 Å². The van der Waals surface area contributed by atoms with Crippen LogP contribution in [0.2, 0.25) is 0 Å². The summed E-state index contributed by atoms with van der Waals surface area (Å²) in [4.78, 5) is 4.64. The van der Waals surface area contributed by atoms with Crippen molar-refractivity contribution in [3.8, 4) is 23.0 Å². The summed E-state index contributed by atoms with van der Waals surface area (Å²) in [6.45, 7) is 3.05. The monoisotopic (exact) mass is 537 g/mol. The van der Waals surface area contributed by atoms with E-state index in [1.54, 1.807) is 0 Å². The van der Waals surface area contributed by atoms with Gasteiger partial charge in [0.05, 0.1) is 37.8 Å². The van der Waals surface area contributed by atoms with Gasteiger partial charge in [-0.2, -0.15) is 0 Å². The second-order valence-electron chi connectivity index (χ2n) is 9.41.